The molecule has 3 aromatic rings. The van der Waals surface area contributed by atoms with E-state index >= 15 is 0 Å². The molecule has 4 heterocycles. The molecule has 0 aliphatic carbocycles. The number of aromatic nitrogens is 4. The van der Waals surface area contributed by atoms with Crippen molar-refractivity contribution in [2.75, 3.05) is 39.5 Å². The number of carbonyl (C=O) groups is 1. The number of imidazole rings is 1. The van der Waals surface area contributed by atoms with Crippen LogP contribution in [0.2, 0.25) is 0 Å². The minimum atomic E-state index is -1.40. The third kappa shape index (κ3) is 7.22. The molecule has 0 bridgehead atoms. The minimum absolute atomic E-state index is 0.00395. The zero-order valence-corrected chi connectivity index (χ0v) is 25.1. The number of fused-ring (bicyclic) bond motifs is 1. The van der Waals surface area contributed by atoms with Crippen LogP contribution in [0, 0.1) is 0 Å². The Balaban J connectivity index is 1.27. The van der Waals surface area contributed by atoms with Crippen LogP contribution in [0.1, 0.15) is 51.0 Å². The number of ether oxygens (including phenoxy) is 1. The summed E-state index contributed by atoms with van der Waals surface area (Å²) in [5.41, 5.74) is 0.832. The molecule has 2 aliphatic heterocycles. The first-order chi connectivity index (χ1) is 20.3. The Morgan fingerprint density at radius 2 is 2.10 bits per heavy atom. The van der Waals surface area contributed by atoms with Crippen molar-refractivity contribution in [3.63, 3.8) is 0 Å². The predicted octanol–water partition coefficient (Wildman–Crippen LogP) is 4.34. The highest BCUT2D eigenvalue weighted by Gasteiger charge is 2.39. The van der Waals surface area contributed by atoms with E-state index in [9.17, 15) is 9.59 Å². The number of hydrogen-bond acceptors (Lipinski definition) is 10. The number of H-pyrrole nitrogens is 1. The van der Waals surface area contributed by atoms with Gasteiger partial charge in [0.1, 0.15) is 12.1 Å². The smallest absolute Gasteiger partial charge is 0.280 e. The Morgan fingerprint density at radius 3 is 2.83 bits per heavy atom. The van der Waals surface area contributed by atoms with E-state index in [1.165, 1.54) is 18.1 Å². The topological polar surface area (TPSA) is 127 Å². The van der Waals surface area contributed by atoms with Crippen LogP contribution < -0.4 is 5.56 Å². The van der Waals surface area contributed by atoms with Gasteiger partial charge >= 0.3 is 0 Å². The van der Waals surface area contributed by atoms with Crippen molar-refractivity contribution in [2.45, 2.75) is 51.5 Å². The fraction of sp³-hybridized carbons (Fsp3) is 0.519. The maximum atomic E-state index is 12.7. The van der Waals surface area contributed by atoms with Crippen molar-refractivity contribution in [1.82, 2.24) is 29.1 Å². The second-order valence-electron chi connectivity index (χ2n) is 10.0. The first-order valence-electron chi connectivity index (χ1n) is 14.3. The van der Waals surface area contributed by atoms with E-state index in [0.29, 0.717) is 35.8 Å². The van der Waals surface area contributed by atoms with Crippen molar-refractivity contribution in [2.24, 2.45) is 4.99 Å². The molecular weight excluding hydrogens is 565 g/mol. The van der Waals surface area contributed by atoms with Gasteiger partial charge in [-0.1, -0.05) is 42.1 Å². The summed E-state index contributed by atoms with van der Waals surface area (Å²) in [7, 11) is 2.32. The highest BCUT2D eigenvalue weighted by molar-refractivity contribution is 8.14. The monoisotopic (exact) mass is 602 g/mol. The van der Waals surface area contributed by atoms with Crippen LogP contribution in [0.4, 0.5) is 5.95 Å². The molecule has 0 saturated carbocycles. The quantitative estimate of drug-likeness (QED) is 0.155. The molecule has 4 atom stereocenters. The van der Waals surface area contributed by atoms with E-state index in [1.807, 2.05) is 56.3 Å². The lowest BCUT2D eigenvalue weighted by molar-refractivity contribution is -0.00405. The Morgan fingerprint density at radius 1 is 1.32 bits per heavy atom. The Kier molecular flexibility index (Phi) is 9.39. The van der Waals surface area contributed by atoms with Gasteiger partial charge in [-0.05, 0) is 26.7 Å². The SMILES string of the molecule is [2H]C[C@H]1O[C@@H](n2cnc3c(=O)[nH]c(N=C(C)N(C)C)nc32)CC1OP(OCCSC(=O)c1ccccc1)N1CCCC1. The molecule has 1 N–H and O–H groups in total. The van der Waals surface area contributed by atoms with E-state index in [2.05, 4.69) is 24.6 Å². The zero-order valence-electron chi connectivity index (χ0n) is 24.4. The molecule has 1 aromatic carbocycles. The number of benzene rings is 1. The van der Waals surface area contributed by atoms with Crippen LogP contribution in [0.15, 0.2) is 46.4 Å². The van der Waals surface area contributed by atoms with E-state index in [-0.39, 0.29) is 29.0 Å². The average molecular weight is 603 g/mol. The van der Waals surface area contributed by atoms with Crippen LogP contribution in [-0.2, 0) is 13.8 Å². The predicted molar refractivity (Wildman–Crippen MR) is 161 cm³/mol. The Bertz CT molecular complexity index is 1450. The van der Waals surface area contributed by atoms with Gasteiger partial charge in [0.05, 0.1) is 25.1 Å². The molecule has 2 aromatic heterocycles. The van der Waals surface area contributed by atoms with Gasteiger partial charge in [0.25, 0.3) is 14.1 Å². The summed E-state index contributed by atoms with van der Waals surface area (Å²) in [6, 6.07) is 9.20. The second kappa shape index (κ2) is 13.5. The number of hydrogen-bond donors (Lipinski definition) is 1. The third-order valence-electron chi connectivity index (χ3n) is 6.89. The summed E-state index contributed by atoms with van der Waals surface area (Å²) in [5, 5.41) is 0.0117. The van der Waals surface area contributed by atoms with E-state index < -0.39 is 27.0 Å². The lowest BCUT2D eigenvalue weighted by Crippen LogP contribution is -2.25. The lowest BCUT2D eigenvalue weighted by atomic mass is 10.2. The summed E-state index contributed by atoms with van der Waals surface area (Å²) in [6.45, 7) is 3.94. The molecule has 0 amide bonds. The summed E-state index contributed by atoms with van der Waals surface area (Å²) in [6.07, 6.45) is 2.70. The molecule has 2 saturated heterocycles. The van der Waals surface area contributed by atoms with Gasteiger partial charge < -0.3 is 18.7 Å². The lowest BCUT2D eigenvalue weighted by Gasteiger charge is -2.28. The number of carbonyl (C=O) groups excluding carboxylic acids is 1. The second-order valence-corrected chi connectivity index (χ2v) is 12.6. The fourth-order valence-corrected chi connectivity index (χ4v) is 6.93. The largest absolute Gasteiger partial charge is 0.366 e. The first kappa shape index (κ1) is 28.4. The van der Waals surface area contributed by atoms with Crippen molar-refractivity contribution in [3.05, 3.63) is 52.6 Å². The van der Waals surface area contributed by atoms with Gasteiger partial charge in [-0.25, -0.2) is 14.6 Å². The van der Waals surface area contributed by atoms with Crippen molar-refractivity contribution in [1.29, 1.82) is 0 Å². The molecule has 2 fully saturated rings. The Labute approximate surface area is 245 Å². The molecule has 5 rings (SSSR count). The molecule has 0 spiro atoms. The van der Waals surface area contributed by atoms with E-state index in [1.54, 1.807) is 4.57 Å². The van der Waals surface area contributed by atoms with Crippen LogP contribution in [-0.4, -0.2) is 91.8 Å². The number of aliphatic imine (C=N–C) groups is 1. The number of amidine groups is 1. The standard InChI is InChI=1S/C27H36N7O5PS/c1-18-21(39-40(33-12-8-9-13-33)37-14-15-41-26(36)20-10-6-5-7-11-20)16-22(38-18)34-17-28-23-24(34)30-27(31-25(23)35)29-19(2)32(3)4/h5-7,10-11,17-18,21-22H,8-9,12-16H2,1-4H3,(H,30,31,35)/t18-,21?,22-,40?/m1/s1/i1D. The van der Waals surface area contributed by atoms with E-state index in [4.69, 9.17) is 15.2 Å². The van der Waals surface area contributed by atoms with Crippen LogP contribution in [0.3, 0.4) is 0 Å². The summed E-state index contributed by atoms with van der Waals surface area (Å²) in [5.74, 6) is 1.37. The van der Waals surface area contributed by atoms with Gasteiger partial charge in [0, 0.05) is 46.3 Å². The number of rotatable bonds is 10. The van der Waals surface area contributed by atoms with Crippen LogP contribution >= 0.6 is 20.3 Å². The van der Waals surface area contributed by atoms with Gasteiger partial charge in [-0.15, -0.1) is 0 Å². The molecule has 41 heavy (non-hydrogen) atoms. The fourth-order valence-electron chi connectivity index (χ4n) is 4.48. The zero-order chi connectivity index (χ0) is 29.6. The van der Waals surface area contributed by atoms with Crippen molar-refractivity contribution in [3.8, 4) is 0 Å². The van der Waals surface area contributed by atoms with Gasteiger partial charge in [-0.3, -0.25) is 19.1 Å². The minimum Gasteiger partial charge on any atom is -0.366 e. The molecule has 2 aliphatic rings. The van der Waals surface area contributed by atoms with Crippen molar-refractivity contribution < 1.29 is 19.9 Å². The third-order valence-corrected chi connectivity index (χ3v) is 9.48. The summed E-state index contributed by atoms with van der Waals surface area (Å²) >= 11 is 1.23. The Hall–Kier alpha value is -2.67. The normalized spacial score (nSPS) is 22.8. The summed E-state index contributed by atoms with van der Waals surface area (Å²) in [4.78, 5) is 42.9. The molecule has 12 nitrogen and oxygen atoms in total. The number of nitrogens with one attached hydrogen (secondary N) is 1. The summed E-state index contributed by atoms with van der Waals surface area (Å²) < 4.78 is 31.1. The highest BCUT2D eigenvalue weighted by Crippen LogP contribution is 2.49. The molecule has 14 heteroatoms. The van der Waals surface area contributed by atoms with Crippen molar-refractivity contribution >= 4 is 48.4 Å². The van der Waals surface area contributed by atoms with Gasteiger partial charge in [-0.2, -0.15) is 4.98 Å². The first-order valence-corrected chi connectivity index (χ1v) is 15.7. The number of nitrogens with zero attached hydrogens (tertiary/aromatic N) is 6. The highest BCUT2D eigenvalue weighted by atomic mass is 32.2. The van der Waals surface area contributed by atoms with Gasteiger partial charge in [0.2, 0.25) is 11.1 Å². The average Bonchev–Trinajstić information content (AvgIpc) is 3.75. The molecule has 0 radical (unpaired) electrons. The van der Waals surface area contributed by atoms with Gasteiger partial charge in [0.15, 0.2) is 11.2 Å². The van der Waals surface area contributed by atoms with E-state index in [0.717, 1.165) is 25.9 Å². The number of aromatic amines is 1. The van der Waals surface area contributed by atoms with Crippen LogP contribution in [0.25, 0.3) is 11.2 Å². The number of thioether (sulfide) groups is 1. The molecule has 220 valence electrons. The maximum Gasteiger partial charge on any atom is 0.280 e. The van der Waals surface area contributed by atoms with Crippen LogP contribution in [0.5, 0.6) is 0 Å². The molecular formula is C27H36N7O5PS. The maximum absolute atomic E-state index is 12.7. The molecule has 2 unspecified atom stereocenters.